The van der Waals surface area contributed by atoms with Crippen molar-refractivity contribution in [1.82, 2.24) is 9.80 Å². The summed E-state index contributed by atoms with van der Waals surface area (Å²) in [5.41, 5.74) is -4.04. The molecular formula is C48H60F4N8O10. The lowest BCUT2D eigenvalue weighted by Crippen LogP contribution is -2.45. The quantitative estimate of drug-likeness (QED) is 0.0839. The van der Waals surface area contributed by atoms with E-state index in [2.05, 4.69) is 10.6 Å². The van der Waals surface area contributed by atoms with E-state index in [1.165, 1.54) is 21.7 Å². The molecule has 2 N–H and O–H groups in total. The molecular weight excluding hydrogens is 925 g/mol. The van der Waals surface area contributed by atoms with Gasteiger partial charge in [-0.1, -0.05) is 0 Å². The van der Waals surface area contributed by atoms with Gasteiger partial charge in [-0.05, 0) is 111 Å². The summed E-state index contributed by atoms with van der Waals surface area (Å²) in [5.74, 6) is -4.56. The lowest BCUT2D eigenvalue weighted by atomic mass is 10.0. The van der Waals surface area contributed by atoms with Crippen molar-refractivity contribution in [3.8, 4) is 0 Å². The number of likely N-dealkylation sites (tertiary alicyclic amines) is 2. The number of hydrogen-bond acceptors (Lipinski definition) is 13. The van der Waals surface area contributed by atoms with Crippen molar-refractivity contribution in [3.05, 3.63) is 91.0 Å². The third-order valence-electron chi connectivity index (χ3n) is 12.5. The first-order chi connectivity index (χ1) is 32.9. The molecule has 4 saturated heterocycles. The highest BCUT2D eigenvalue weighted by Gasteiger charge is 2.42. The molecule has 0 bridgehead atoms. The minimum absolute atomic E-state index is 0.00264. The second-order valence-corrected chi connectivity index (χ2v) is 19.7. The van der Waals surface area contributed by atoms with Gasteiger partial charge in [0.1, 0.15) is 52.2 Å². The van der Waals surface area contributed by atoms with E-state index in [0.717, 1.165) is 74.8 Å². The third kappa shape index (κ3) is 12.0. The molecule has 70 heavy (non-hydrogen) atoms. The Balaban J connectivity index is 0.000000494. The van der Waals surface area contributed by atoms with Crippen LogP contribution in [-0.4, -0.2) is 101 Å². The Morgan fingerprint density at radius 1 is 0.657 bits per heavy atom. The third-order valence-corrected chi connectivity index (χ3v) is 12.5. The Bertz CT molecular complexity index is 2470. The van der Waals surface area contributed by atoms with Crippen molar-refractivity contribution in [2.45, 2.75) is 135 Å². The second-order valence-electron chi connectivity index (χ2n) is 19.7. The topological polar surface area (TPSA) is 210 Å². The number of nitro groups is 2. The molecule has 0 spiro atoms. The van der Waals surface area contributed by atoms with Crippen LogP contribution in [0.15, 0.2) is 36.4 Å². The lowest BCUT2D eigenvalue weighted by molar-refractivity contribution is -0.384. The summed E-state index contributed by atoms with van der Waals surface area (Å²) in [6, 6.07) is 2.01. The molecule has 4 fully saturated rings. The molecule has 7 rings (SSSR count). The van der Waals surface area contributed by atoms with Crippen LogP contribution in [0.2, 0.25) is 0 Å². The average molecular weight is 985 g/mol. The SMILES string of the molecule is CC(C)(C)OC(=O)N1CCCC1C=O.CNc1cc(F)c([C@H]2CC[C@H](c3cc([N+](=O)[O-])c(NC(=O)C4CCCN4C(=O)OC(C)(C)C)cc3F)N2c2cc(F)c(N3CCCCC3)c(F)c2)cc1[N+](=O)[O-]. The number of carbonyl (C=O) groups excluding carboxylic acids is 4. The van der Waals surface area contributed by atoms with Crippen LogP contribution in [0.25, 0.3) is 0 Å². The first-order valence-corrected chi connectivity index (χ1v) is 23.3. The first-order valence-electron chi connectivity index (χ1n) is 23.3. The zero-order valence-corrected chi connectivity index (χ0v) is 40.3. The molecule has 2 unspecified atom stereocenters. The molecule has 0 aromatic heterocycles. The maximum absolute atomic E-state index is 16.4. The van der Waals surface area contributed by atoms with E-state index >= 15 is 17.6 Å². The Kier molecular flexibility index (Phi) is 16.2. The number of anilines is 4. The smallest absolute Gasteiger partial charge is 0.410 e. The van der Waals surface area contributed by atoms with Gasteiger partial charge < -0.3 is 34.7 Å². The number of nitrogens with one attached hydrogen (secondary N) is 2. The molecule has 4 atom stereocenters. The number of amides is 3. The van der Waals surface area contributed by atoms with E-state index in [4.69, 9.17) is 9.47 Å². The van der Waals surface area contributed by atoms with E-state index < -0.39 is 91.5 Å². The molecule has 4 aliphatic rings. The lowest BCUT2D eigenvalue weighted by Gasteiger charge is -2.35. The first kappa shape index (κ1) is 52.6. The standard InChI is InChI=1S/C38H43F4N7O7.C10H17NO3/c1-38(2,3)56-37(51)46-14-8-9-32(46)36(50)44-29-20-25(40)23(18-34(29)49(54)55)31-11-10-30(22-17-33(48(52)53)28(43-4)19-24(22)39)47(31)21-15-26(41)35(27(42)16-21)45-12-6-5-7-13-45;1-10(2,3)14-9(13)11-6-4-5-8(11)7-12/h15-20,30-32,43H,5-14H2,1-4H3,(H,44,50);7-8H,4-6H2,1-3H3/t30-,31-,32?;/m1./s1. The molecule has 0 aliphatic carbocycles. The van der Waals surface area contributed by atoms with Gasteiger partial charge in [0.05, 0.1) is 28.0 Å². The van der Waals surface area contributed by atoms with Gasteiger partial charge in [0.15, 0.2) is 11.6 Å². The van der Waals surface area contributed by atoms with E-state index in [1.807, 2.05) is 20.8 Å². The summed E-state index contributed by atoms with van der Waals surface area (Å²) >= 11 is 0. The van der Waals surface area contributed by atoms with E-state index in [1.54, 1.807) is 25.7 Å². The molecule has 3 aromatic carbocycles. The molecule has 0 saturated carbocycles. The van der Waals surface area contributed by atoms with E-state index in [-0.39, 0.29) is 66.1 Å². The molecule has 4 heterocycles. The van der Waals surface area contributed by atoms with Crippen LogP contribution in [0.4, 0.5) is 61.3 Å². The molecule has 3 amide bonds. The fourth-order valence-electron chi connectivity index (χ4n) is 9.45. The predicted octanol–water partition coefficient (Wildman–Crippen LogP) is 10.1. The van der Waals surface area contributed by atoms with Crippen molar-refractivity contribution in [3.63, 3.8) is 0 Å². The average Bonchev–Trinajstić information content (AvgIpc) is 4.06. The highest BCUT2D eigenvalue weighted by molar-refractivity contribution is 5.98. The number of nitro benzene ring substituents is 2. The summed E-state index contributed by atoms with van der Waals surface area (Å²) in [5, 5.41) is 29.4. The number of ether oxygens (including phenoxy) is 2. The summed E-state index contributed by atoms with van der Waals surface area (Å²) in [7, 11) is 1.38. The number of benzene rings is 3. The van der Waals surface area contributed by atoms with Gasteiger partial charge in [-0.3, -0.25) is 34.8 Å². The molecule has 0 radical (unpaired) electrons. The van der Waals surface area contributed by atoms with Crippen LogP contribution in [0, 0.1) is 43.5 Å². The summed E-state index contributed by atoms with van der Waals surface area (Å²) < 4.78 is 74.7. The van der Waals surface area contributed by atoms with Gasteiger partial charge in [0, 0.05) is 74.3 Å². The minimum atomic E-state index is -1.19. The Morgan fingerprint density at radius 2 is 1.14 bits per heavy atom. The Morgan fingerprint density at radius 3 is 1.64 bits per heavy atom. The number of rotatable bonds is 10. The number of aldehydes is 1. The predicted molar refractivity (Wildman–Crippen MR) is 252 cm³/mol. The van der Waals surface area contributed by atoms with Gasteiger partial charge in [0.25, 0.3) is 11.4 Å². The maximum atomic E-state index is 16.4. The highest BCUT2D eigenvalue weighted by atomic mass is 19.1. The highest BCUT2D eigenvalue weighted by Crippen LogP contribution is 2.51. The number of nitrogens with zero attached hydrogens (tertiary/aromatic N) is 6. The molecule has 3 aromatic rings. The van der Waals surface area contributed by atoms with Gasteiger partial charge in [0.2, 0.25) is 5.91 Å². The van der Waals surface area contributed by atoms with Crippen LogP contribution < -0.4 is 20.4 Å². The van der Waals surface area contributed by atoms with Crippen molar-refractivity contribution < 1.29 is 56.1 Å². The number of piperidine rings is 1. The summed E-state index contributed by atoms with van der Waals surface area (Å²) in [4.78, 5) is 77.0. The summed E-state index contributed by atoms with van der Waals surface area (Å²) in [6.45, 7) is 12.1. The second kappa shape index (κ2) is 21.5. The Labute approximate surface area is 402 Å². The van der Waals surface area contributed by atoms with Crippen LogP contribution in [0.3, 0.4) is 0 Å². The number of halogens is 4. The normalized spacial score (nSPS) is 20.4. The van der Waals surface area contributed by atoms with Crippen molar-refractivity contribution in [2.75, 3.05) is 53.7 Å². The van der Waals surface area contributed by atoms with Crippen molar-refractivity contribution in [2.24, 2.45) is 0 Å². The number of hydrogen-bond donors (Lipinski definition) is 2. The van der Waals surface area contributed by atoms with Crippen LogP contribution in [0.5, 0.6) is 0 Å². The van der Waals surface area contributed by atoms with Gasteiger partial charge in [-0.25, -0.2) is 27.2 Å². The molecule has 18 nitrogen and oxygen atoms in total. The van der Waals surface area contributed by atoms with Gasteiger partial charge >= 0.3 is 12.2 Å². The summed E-state index contributed by atoms with van der Waals surface area (Å²) in [6.07, 6.45) is 4.35. The fraction of sp³-hybridized carbons (Fsp3) is 0.542. The van der Waals surface area contributed by atoms with Crippen LogP contribution >= 0.6 is 0 Å². The van der Waals surface area contributed by atoms with Gasteiger partial charge in [-0.2, -0.15) is 0 Å². The van der Waals surface area contributed by atoms with Crippen molar-refractivity contribution in [1.29, 1.82) is 0 Å². The van der Waals surface area contributed by atoms with E-state index in [0.29, 0.717) is 26.1 Å². The van der Waals surface area contributed by atoms with Gasteiger partial charge in [-0.15, -0.1) is 0 Å². The minimum Gasteiger partial charge on any atom is -0.444 e. The Hall–Kier alpha value is -6.74. The van der Waals surface area contributed by atoms with Crippen LogP contribution in [-0.2, 0) is 19.1 Å². The zero-order valence-electron chi connectivity index (χ0n) is 40.3. The fourth-order valence-corrected chi connectivity index (χ4v) is 9.45. The molecule has 22 heteroatoms. The number of carbonyl (C=O) groups is 4. The monoisotopic (exact) mass is 984 g/mol. The zero-order chi connectivity index (χ0) is 51.4. The van der Waals surface area contributed by atoms with Crippen molar-refractivity contribution >= 4 is 58.5 Å². The molecule has 380 valence electrons. The van der Waals surface area contributed by atoms with Crippen LogP contribution in [0.1, 0.15) is 123 Å². The largest absolute Gasteiger partial charge is 0.444 e. The maximum Gasteiger partial charge on any atom is 0.410 e. The van der Waals surface area contributed by atoms with E-state index in [9.17, 15) is 39.4 Å². The molecule has 4 aliphatic heterocycles.